The molecule has 1 aromatic carbocycles. The summed E-state index contributed by atoms with van der Waals surface area (Å²) in [5, 5.41) is 27.6. The number of nitrogens with one attached hydrogen (secondary N) is 3. The van der Waals surface area contributed by atoms with Crippen LogP contribution < -0.4 is 21.5 Å². The van der Waals surface area contributed by atoms with Crippen LogP contribution in [0.15, 0.2) is 35.3 Å². The van der Waals surface area contributed by atoms with Crippen molar-refractivity contribution in [3.63, 3.8) is 0 Å². The van der Waals surface area contributed by atoms with Crippen LogP contribution in [-0.4, -0.2) is 114 Å². The number of phenols is 1. The van der Waals surface area contributed by atoms with Crippen molar-refractivity contribution >= 4 is 52.9 Å². The van der Waals surface area contributed by atoms with Crippen molar-refractivity contribution < 1.29 is 62.4 Å². The molecule has 4 N–H and O–H groups in total. The summed E-state index contributed by atoms with van der Waals surface area (Å²) in [6, 6.07) is 5.65. The molecule has 5 amide bonds. The number of esters is 1. The number of cyclic esters (lactones) is 1. The normalized spacial score (nSPS) is 19.4. The SMILES string of the molecule is CCc1c2c(nc3ccc(O)cc13)-c1cc3c(c(=O)n1C2)COC(=O)C3(CC)OC(=O)OCC(NC(=O)OC(=O)NC(C)(C)CCOC(C)(C)CCn1cc(CNC(=O)C2CCC(CN3C(=O)CCC3=O)CC2)nn1)C(C)C. The molecule has 2 fully saturated rings. The summed E-state index contributed by atoms with van der Waals surface area (Å²) in [5.41, 5.74) is 0.269. The fourth-order valence-corrected chi connectivity index (χ4v) is 10.7. The van der Waals surface area contributed by atoms with E-state index >= 15 is 0 Å². The number of nitrogens with zero attached hydrogens (tertiary/aromatic N) is 6. The van der Waals surface area contributed by atoms with Gasteiger partial charge in [-0.15, -0.1) is 5.10 Å². The predicted molar refractivity (Wildman–Crippen MR) is 279 cm³/mol. The molecule has 8 rings (SSSR count). The van der Waals surface area contributed by atoms with E-state index in [1.165, 1.54) is 11.0 Å². The Kier molecular flexibility index (Phi) is 16.9. The third-order valence-corrected chi connectivity index (χ3v) is 15.5. The summed E-state index contributed by atoms with van der Waals surface area (Å²) in [4.78, 5) is 110. The molecule has 4 aliphatic rings. The number of aryl methyl sites for hydroxylation is 2. The molecule has 0 spiro atoms. The number of fused-ring (bicyclic) bond motifs is 5. The number of imide groups is 1. The maximum atomic E-state index is 14.1. The molecule has 420 valence electrons. The number of carbonyl (C=O) groups excluding carboxylic acids is 7. The van der Waals surface area contributed by atoms with Gasteiger partial charge in [-0.2, -0.15) is 0 Å². The predicted octanol–water partition coefficient (Wildman–Crippen LogP) is 6.19. The first-order valence-electron chi connectivity index (χ1n) is 26.9. The van der Waals surface area contributed by atoms with Gasteiger partial charge in [0, 0.05) is 60.5 Å². The maximum Gasteiger partial charge on any atom is 0.509 e. The zero-order chi connectivity index (χ0) is 56.3. The fraction of sp³-hybridized carbons (Fsp3) is 0.582. The molecule has 1 saturated carbocycles. The minimum atomic E-state index is -2.05. The number of benzene rings is 1. The number of amides is 5. The molecular weight excluding hydrogens is 1010 g/mol. The topological polar surface area (TPSA) is 291 Å². The van der Waals surface area contributed by atoms with Crippen LogP contribution in [0.5, 0.6) is 5.75 Å². The highest BCUT2D eigenvalue weighted by Crippen LogP contribution is 2.43. The van der Waals surface area contributed by atoms with Gasteiger partial charge in [-0.05, 0) is 121 Å². The van der Waals surface area contributed by atoms with E-state index in [0.717, 1.165) is 29.4 Å². The van der Waals surface area contributed by atoms with E-state index in [9.17, 15) is 43.5 Å². The quantitative estimate of drug-likeness (QED) is 0.0293. The highest BCUT2D eigenvalue weighted by molar-refractivity contribution is 6.02. The van der Waals surface area contributed by atoms with Crippen LogP contribution in [0.2, 0.25) is 0 Å². The van der Waals surface area contributed by atoms with Crippen LogP contribution in [0.4, 0.5) is 14.4 Å². The first-order chi connectivity index (χ1) is 37.0. The van der Waals surface area contributed by atoms with Gasteiger partial charge in [0.05, 0.1) is 53.4 Å². The number of rotatable bonds is 20. The lowest BCUT2D eigenvalue weighted by molar-refractivity contribution is -0.175. The smallest absolute Gasteiger partial charge is 0.508 e. The Bertz CT molecular complexity index is 3030. The standard InChI is InChI=1S/C55H71N9O14/c1-9-36-37-23-35(65)15-16-41(37)57-46-38(36)28-63-43(46)24-40-39(48(63)69)29-74-49(70)55(40,10-2)78-52(73)75-30-42(31(3)4)58-50(71)77-51(72)59-53(5,6)20-22-76-54(7,8)19-21-62-27-34(60-61-62)25-56-47(68)33-13-11-32(12-14-33)26-64-44(66)17-18-45(64)67/h15-16,23-24,27,31-33,42,65H,9-14,17-22,25-26,28-30H2,1-8H3,(H,56,68)(H,58,71)(H,59,72). The monoisotopic (exact) mass is 1080 g/mol. The van der Waals surface area contributed by atoms with Gasteiger partial charge in [0.2, 0.25) is 23.3 Å². The number of pyridine rings is 2. The molecule has 6 heterocycles. The van der Waals surface area contributed by atoms with Crippen LogP contribution in [0, 0.1) is 17.8 Å². The van der Waals surface area contributed by atoms with Crippen molar-refractivity contribution in [2.75, 3.05) is 19.8 Å². The van der Waals surface area contributed by atoms with Gasteiger partial charge in [-0.3, -0.25) is 28.8 Å². The number of likely N-dealkylation sites (tertiary alicyclic amines) is 1. The third kappa shape index (κ3) is 12.6. The first kappa shape index (κ1) is 56.8. The molecule has 1 aliphatic carbocycles. The van der Waals surface area contributed by atoms with E-state index in [-0.39, 0.29) is 97.9 Å². The summed E-state index contributed by atoms with van der Waals surface area (Å²) in [5.74, 6) is -1.32. The summed E-state index contributed by atoms with van der Waals surface area (Å²) in [6.45, 7) is 15.3. The van der Waals surface area contributed by atoms with Gasteiger partial charge in [0.15, 0.2) is 0 Å². The number of phenolic OH excluding ortho intramolecular Hbond substituents is 1. The zero-order valence-corrected chi connectivity index (χ0v) is 45.7. The van der Waals surface area contributed by atoms with Crippen LogP contribution in [0.3, 0.4) is 0 Å². The average molecular weight is 1080 g/mol. The second kappa shape index (κ2) is 23.3. The van der Waals surface area contributed by atoms with Gasteiger partial charge >= 0.3 is 24.3 Å². The molecule has 4 aromatic rings. The second-order valence-electron chi connectivity index (χ2n) is 22.3. The van der Waals surface area contributed by atoms with Gasteiger partial charge < -0.3 is 49.3 Å². The van der Waals surface area contributed by atoms with Crippen LogP contribution in [-0.2, 0) is 81.1 Å². The largest absolute Gasteiger partial charge is 0.509 e. The fourth-order valence-electron chi connectivity index (χ4n) is 10.7. The van der Waals surface area contributed by atoms with E-state index in [4.69, 9.17) is 28.7 Å². The molecular formula is C55H71N9O14. The molecule has 0 radical (unpaired) electrons. The minimum Gasteiger partial charge on any atom is -0.508 e. The number of ether oxygens (including phenoxy) is 5. The van der Waals surface area contributed by atoms with Crippen LogP contribution in [0.25, 0.3) is 22.3 Å². The van der Waals surface area contributed by atoms with Crippen molar-refractivity contribution in [2.45, 2.75) is 169 Å². The van der Waals surface area contributed by atoms with Gasteiger partial charge in [0.1, 0.15) is 24.7 Å². The lowest BCUT2D eigenvalue weighted by atomic mass is 9.81. The lowest BCUT2D eigenvalue weighted by Crippen LogP contribution is -2.49. The number of alkyl carbamates (subject to hydrolysis) is 2. The lowest BCUT2D eigenvalue weighted by Gasteiger charge is -2.35. The summed E-state index contributed by atoms with van der Waals surface area (Å²) < 4.78 is 31.2. The molecule has 0 bridgehead atoms. The Balaban J connectivity index is 0.765. The van der Waals surface area contributed by atoms with Crippen molar-refractivity contribution in [1.82, 2.24) is 45.4 Å². The molecule has 23 nitrogen and oxygen atoms in total. The molecule has 1 saturated heterocycles. The Morgan fingerprint density at radius 2 is 1.68 bits per heavy atom. The van der Waals surface area contributed by atoms with E-state index in [1.54, 1.807) is 68.3 Å². The highest BCUT2D eigenvalue weighted by atomic mass is 16.7. The van der Waals surface area contributed by atoms with Gasteiger partial charge in [-0.25, -0.2) is 24.2 Å². The van der Waals surface area contributed by atoms with Gasteiger partial charge in [0.25, 0.3) is 5.56 Å². The Morgan fingerprint density at radius 1 is 0.949 bits per heavy atom. The number of carbonyl (C=O) groups is 7. The molecule has 78 heavy (non-hydrogen) atoms. The van der Waals surface area contributed by atoms with Crippen molar-refractivity contribution in [2.24, 2.45) is 17.8 Å². The number of aromatic hydroxyl groups is 1. The summed E-state index contributed by atoms with van der Waals surface area (Å²) in [7, 11) is 0. The number of hydrogen-bond donors (Lipinski definition) is 4. The van der Waals surface area contributed by atoms with E-state index in [1.807, 2.05) is 20.8 Å². The second-order valence-corrected chi connectivity index (χ2v) is 22.3. The Hall–Kier alpha value is -7.43. The number of aromatic nitrogens is 5. The summed E-state index contributed by atoms with van der Waals surface area (Å²) >= 11 is 0. The van der Waals surface area contributed by atoms with E-state index < -0.39 is 59.3 Å². The number of hydrogen-bond acceptors (Lipinski definition) is 17. The maximum absolute atomic E-state index is 14.1. The molecule has 2 atom stereocenters. The van der Waals surface area contributed by atoms with Gasteiger partial charge in [-0.1, -0.05) is 32.9 Å². The molecule has 3 aromatic heterocycles. The molecule has 23 heteroatoms. The summed E-state index contributed by atoms with van der Waals surface area (Å²) in [6.07, 6.45) is 3.32. The Morgan fingerprint density at radius 3 is 2.37 bits per heavy atom. The minimum absolute atomic E-state index is 0.0491. The van der Waals surface area contributed by atoms with E-state index in [2.05, 4.69) is 26.3 Å². The zero-order valence-electron chi connectivity index (χ0n) is 45.7. The molecule has 3 aliphatic heterocycles. The average Bonchev–Trinajstić information content (AvgIpc) is 4.27. The Labute approximate surface area is 451 Å². The van der Waals surface area contributed by atoms with Crippen molar-refractivity contribution in [1.29, 1.82) is 0 Å². The van der Waals surface area contributed by atoms with Crippen LogP contribution in [0.1, 0.15) is 141 Å². The van der Waals surface area contributed by atoms with Crippen molar-refractivity contribution in [3.8, 4) is 17.1 Å². The highest BCUT2D eigenvalue weighted by Gasteiger charge is 2.51. The third-order valence-electron chi connectivity index (χ3n) is 15.5. The van der Waals surface area contributed by atoms with Crippen LogP contribution >= 0.6 is 0 Å². The first-order valence-corrected chi connectivity index (χ1v) is 26.9. The molecule has 2 unspecified atom stereocenters. The van der Waals surface area contributed by atoms with Crippen molar-refractivity contribution in [3.05, 3.63) is 68.8 Å². The van der Waals surface area contributed by atoms with E-state index in [0.29, 0.717) is 67.8 Å².